The summed E-state index contributed by atoms with van der Waals surface area (Å²) < 4.78 is 25.4. The van der Waals surface area contributed by atoms with Gasteiger partial charge in [-0.3, -0.25) is 4.79 Å². The molecule has 0 aliphatic carbocycles. The lowest BCUT2D eigenvalue weighted by atomic mass is 9.99. The molecule has 0 unspecified atom stereocenters. The number of carbonyl (C=O) groups is 1. The van der Waals surface area contributed by atoms with Crippen LogP contribution in [0.15, 0.2) is 0 Å². The highest BCUT2D eigenvalue weighted by molar-refractivity contribution is 7.89. The number of sulfonamides is 1. The van der Waals surface area contributed by atoms with E-state index < -0.39 is 10.0 Å². The largest absolute Gasteiger partial charge is 0.355 e. The van der Waals surface area contributed by atoms with Gasteiger partial charge in [0.15, 0.2) is 0 Å². The maximum Gasteiger partial charge on any atom is 0.224 e. The van der Waals surface area contributed by atoms with Gasteiger partial charge in [-0.2, -0.15) is 0 Å². The fourth-order valence-corrected chi connectivity index (χ4v) is 4.05. The third kappa shape index (κ3) is 4.15. The molecule has 7 heteroatoms. The predicted octanol–water partition coefficient (Wildman–Crippen LogP) is -0.472. The molecular weight excluding hydrogens is 266 g/mol. The summed E-state index contributed by atoms with van der Waals surface area (Å²) in [5, 5.41) is 5.93. The number of piperidine rings is 1. The molecular formula is C12H23N3O3S. The van der Waals surface area contributed by atoms with Crippen LogP contribution in [0.5, 0.6) is 0 Å². The van der Waals surface area contributed by atoms with E-state index in [1.54, 1.807) is 0 Å². The number of nitrogens with one attached hydrogen (secondary N) is 2. The molecule has 2 aliphatic heterocycles. The average Bonchev–Trinajstić information content (AvgIpc) is 2.94. The number of rotatable bonds is 5. The Balaban J connectivity index is 1.71. The Labute approximate surface area is 115 Å². The van der Waals surface area contributed by atoms with Crippen molar-refractivity contribution in [1.29, 1.82) is 0 Å². The number of amides is 1. The molecule has 2 N–H and O–H groups in total. The van der Waals surface area contributed by atoms with E-state index in [1.807, 2.05) is 0 Å². The second-order valence-electron chi connectivity index (χ2n) is 5.26. The minimum Gasteiger partial charge on any atom is -0.355 e. The van der Waals surface area contributed by atoms with Gasteiger partial charge in [0.25, 0.3) is 0 Å². The van der Waals surface area contributed by atoms with Crippen LogP contribution in [0.3, 0.4) is 0 Å². The van der Waals surface area contributed by atoms with Gasteiger partial charge in [0.1, 0.15) is 0 Å². The summed E-state index contributed by atoms with van der Waals surface area (Å²) in [7, 11) is -3.18. The number of nitrogens with zero attached hydrogens (tertiary/aromatic N) is 1. The van der Waals surface area contributed by atoms with Gasteiger partial charge in [-0.15, -0.1) is 0 Å². The van der Waals surface area contributed by atoms with E-state index in [9.17, 15) is 13.2 Å². The molecule has 0 bridgehead atoms. The van der Waals surface area contributed by atoms with E-state index in [1.165, 1.54) is 4.31 Å². The molecule has 2 rings (SSSR count). The van der Waals surface area contributed by atoms with Crippen LogP contribution in [0.2, 0.25) is 0 Å². The Morgan fingerprint density at radius 3 is 2.63 bits per heavy atom. The summed E-state index contributed by atoms with van der Waals surface area (Å²) in [5.74, 6) is -0.0223. The van der Waals surface area contributed by atoms with Crippen molar-refractivity contribution in [2.45, 2.75) is 25.7 Å². The van der Waals surface area contributed by atoms with Crippen LogP contribution in [0.4, 0.5) is 0 Å². The van der Waals surface area contributed by atoms with Crippen molar-refractivity contribution < 1.29 is 13.2 Å². The molecule has 110 valence electrons. The van der Waals surface area contributed by atoms with Crippen molar-refractivity contribution in [2.24, 2.45) is 5.92 Å². The van der Waals surface area contributed by atoms with E-state index >= 15 is 0 Å². The lowest BCUT2D eigenvalue weighted by Gasteiger charge is -2.22. The number of hydrogen-bond donors (Lipinski definition) is 2. The summed E-state index contributed by atoms with van der Waals surface area (Å²) in [6.07, 6.45) is 3.78. The third-order valence-electron chi connectivity index (χ3n) is 3.79. The monoisotopic (exact) mass is 289 g/mol. The molecule has 2 heterocycles. The first-order valence-electron chi connectivity index (χ1n) is 7.06. The fraction of sp³-hybridized carbons (Fsp3) is 0.917. The van der Waals surface area contributed by atoms with E-state index in [-0.39, 0.29) is 24.1 Å². The first kappa shape index (κ1) is 14.7. The predicted molar refractivity (Wildman–Crippen MR) is 73.2 cm³/mol. The molecule has 0 saturated carbocycles. The Bertz CT molecular complexity index is 398. The smallest absolute Gasteiger partial charge is 0.224 e. The molecule has 19 heavy (non-hydrogen) atoms. The van der Waals surface area contributed by atoms with Crippen molar-refractivity contribution in [3.63, 3.8) is 0 Å². The first-order valence-corrected chi connectivity index (χ1v) is 8.67. The molecule has 2 saturated heterocycles. The summed E-state index contributed by atoms with van der Waals surface area (Å²) in [6.45, 7) is 3.14. The highest BCUT2D eigenvalue weighted by atomic mass is 32.2. The van der Waals surface area contributed by atoms with Crippen LogP contribution in [-0.2, 0) is 14.8 Å². The van der Waals surface area contributed by atoms with E-state index in [0.717, 1.165) is 32.2 Å². The van der Waals surface area contributed by atoms with Crippen LogP contribution in [0.1, 0.15) is 25.7 Å². The molecule has 1 atom stereocenters. The quantitative estimate of drug-likeness (QED) is 0.717. The van der Waals surface area contributed by atoms with Crippen LogP contribution in [0.25, 0.3) is 0 Å². The van der Waals surface area contributed by atoms with Crippen molar-refractivity contribution >= 4 is 15.9 Å². The molecule has 2 aliphatic rings. The van der Waals surface area contributed by atoms with Crippen LogP contribution < -0.4 is 10.6 Å². The standard InChI is InChI=1S/C12H23N3O3S/c16-12(11-4-3-5-13-10-11)14-6-9-19(17,18)15-7-1-2-8-15/h11,13H,1-10H2,(H,14,16)/t11-/m1/s1. The summed E-state index contributed by atoms with van der Waals surface area (Å²) >= 11 is 0. The third-order valence-corrected chi connectivity index (χ3v) is 5.66. The van der Waals surface area contributed by atoms with Crippen LogP contribution >= 0.6 is 0 Å². The van der Waals surface area contributed by atoms with Gasteiger partial charge < -0.3 is 10.6 Å². The van der Waals surface area contributed by atoms with Gasteiger partial charge >= 0.3 is 0 Å². The Hall–Kier alpha value is -0.660. The van der Waals surface area contributed by atoms with E-state index in [0.29, 0.717) is 19.6 Å². The maximum absolute atomic E-state index is 12.0. The molecule has 0 spiro atoms. The van der Waals surface area contributed by atoms with Crippen LogP contribution in [-0.4, -0.2) is 57.1 Å². The zero-order valence-electron chi connectivity index (χ0n) is 11.2. The summed E-state index contributed by atoms with van der Waals surface area (Å²) in [4.78, 5) is 11.8. The van der Waals surface area contributed by atoms with Gasteiger partial charge in [-0.05, 0) is 32.2 Å². The Morgan fingerprint density at radius 1 is 1.26 bits per heavy atom. The second-order valence-corrected chi connectivity index (χ2v) is 7.34. The Morgan fingerprint density at radius 2 is 2.00 bits per heavy atom. The average molecular weight is 289 g/mol. The van der Waals surface area contributed by atoms with Gasteiger partial charge in [0.2, 0.25) is 15.9 Å². The topological polar surface area (TPSA) is 78.5 Å². The molecule has 1 amide bonds. The zero-order chi connectivity index (χ0) is 13.7. The van der Waals surface area contributed by atoms with Crippen molar-refractivity contribution in [3.05, 3.63) is 0 Å². The maximum atomic E-state index is 12.0. The number of carbonyl (C=O) groups excluding carboxylic acids is 1. The zero-order valence-corrected chi connectivity index (χ0v) is 12.0. The van der Waals surface area contributed by atoms with Gasteiger partial charge in [-0.25, -0.2) is 12.7 Å². The van der Waals surface area contributed by atoms with E-state index in [4.69, 9.17) is 0 Å². The highest BCUT2D eigenvalue weighted by Crippen LogP contribution is 2.13. The highest BCUT2D eigenvalue weighted by Gasteiger charge is 2.26. The molecule has 0 aromatic rings. The van der Waals surface area contributed by atoms with Gasteiger partial charge in [0, 0.05) is 26.2 Å². The van der Waals surface area contributed by atoms with Crippen LogP contribution in [0, 0.1) is 5.92 Å². The normalized spacial score (nSPS) is 25.4. The fourth-order valence-electron chi connectivity index (χ4n) is 2.62. The minimum absolute atomic E-state index is 0.0109. The molecule has 2 fully saturated rings. The van der Waals surface area contributed by atoms with Crippen molar-refractivity contribution in [3.8, 4) is 0 Å². The summed E-state index contributed by atoms with van der Waals surface area (Å²) in [6, 6.07) is 0. The molecule has 0 aromatic carbocycles. The number of hydrogen-bond acceptors (Lipinski definition) is 4. The molecule has 0 radical (unpaired) electrons. The lowest BCUT2D eigenvalue weighted by Crippen LogP contribution is -2.42. The van der Waals surface area contributed by atoms with E-state index in [2.05, 4.69) is 10.6 Å². The van der Waals surface area contributed by atoms with Crippen molar-refractivity contribution in [2.75, 3.05) is 38.5 Å². The SMILES string of the molecule is O=C(NCCS(=O)(=O)N1CCCC1)[C@@H]1CCCNC1. The summed E-state index contributed by atoms with van der Waals surface area (Å²) in [5.41, 5.74) is 0. The van der Waals surface area contributed by atoms with Gasteiger partial charge in [0.05, 0.1) is 11.7 Å². The molecule has 6 nitrogen and oxygen atoms in total. The minimum atomic E-state index is -3.18. The Kier molecular flexibility index (Phi) is 5.18. The lowest BCUT2D eigenvalue weighted by molar-refractivity contribution is -0.125. The molecule has 0 aromatic heterocycles. The first-order chi connectivity index (χ1) is 9.09. The van der Waals surface area contributed by atoms with Gasteiger partial charge in [-0.1, -0.05) is 0 Å². The van der Waals surface area contributed by atoms with Crippen molar-refractivity contribution in [1.82, 2.24) is 14.9 Å². The second kappa shape index (κ2) is 6.67.